The molecule has 0 amide bonds. The van der Waals surface area contributed by atoms with E-state index in [1.807, 2.05) is 6.07 Å². The van der Waals surface area contributed by atoms with Gasteiger partial charge in [0.1, 0.15) is 0 Å². The fourth-order valence-corrected chi connectivity index (χ4v) is 5.61. The van der Waals surface area contributed by atoms with Crippen molar-refractivity contribution in [3.63, 3.8) is 0 Å². The van der Waals surface area contributed by atoms with Crippen LogP contribution in [-0.2, 0) is 6.54 Å². The Hall–Kier alpha value is -3.12. The summed E-state index contributed by atoms with van der Waals surface area (Å²) in [5.74, 6) is 0.651. The van der Waals surface area contributed by atoms with E-state index in [1.54, 1.807) is 29.3 Å². The average Bonchev–Trinajstić information content (AvgIpc) is 3.39. The van der Waals surface area contributed by atoms with E-state index in [4.69, 9.17) is 10.4 Å². The molecule has 0 aliphatic rings. The van der Waals surface area contributed by atoms with Crippen molar-refractivity contribution in [2.75, 3.05) is 6.61 Å². The maximum absolute atomic E-state index is 9.65. The van der Waals surface area contributed by atoms with Gasteiger partial charge in [-0.25, -0.2) is 0 Å². The zero-order chi connectivity index (χ0) is 22.0. The van der Waals surface area contributed by atoms with Crippen molar-refractivity contribution >= 4 is 31.1 Å². The molecular formula is C20H21AsN8O2. The van der Waals surface area contributed by atoms with E-state index in [2.05, 4.69) is 45.3 Å². The van der Waals surface area contributed by atoms with Crippen LogP contribution in [0.3, 0.4) is 0 Å². The number of hydrogen-bond donors (Lipinski definition) is 2. The molecule has 0 bridgehead atoms. The quantitative estimate of drug-likeness (QED) is 0.358. The first-order valence-electron chi connectivity index (χ1n) is 9.68. The van der Waals surface area contributed by atoms with Gasteiger partial charge in [0.25, 0.3) is 0 Å². The Morgan fingerprint density at radius 3 is 2.77 bits per heavy atom. The summed E-state index contributed by atoms with van der Waals surface area (Å²) < 4.78 is 4.86. The van der Waals surface area contributed by atoms with Gasteiger partial charge in [0.2, 0.25) is 0 Å². The summed E-state index contributed by atoms with van der Waals surface area (Å²) in [5, 5.41) is 41.3. The Morgan fingerprint density at radius 1 is 1.19 bits per heavy atom. The summed E-state index contributed by atoms with van der Waals surface area (Å²) in [6, 6.07) is 5.86. The molecule has 4 aromatic heterocycles. The molecule has 2 N–H and O–H groups in total. The van der Waals surface area contributed by atoms with Gasteiger partial charge in [0.05, 0.1) is 0 Å². The monoisotopic (exact) mass is 480 g/mol. The van der Waals surface area contributed by atoms with Gasteiger partial charge in [-0.2, -0.15) is 0 Å². The van der Waals surface area contributed by atoms with Crippen molar-refractivity contribution < 1.29 is 10.2 Å². The molecule has 0 saturated heterocycles. The normalized spacial score (nSPS) is 12.8. The number of aromatic nitrogens is 7. The molecule has 0 aliphatic carbocycles. The number of aliphatic hydroxyl groups excluding tert-OH is 2. The Balaban J connectivity index is 1.74. The van der Waals surface area contributed by atoms with Crippen molar-refractivity contribution in [2.24, 2.45) is 0 Å². The van der Waals surface area contributed by atoms with Crippen LogP contribution >= 0.6 is 0 Å². The first-order valence-corrected chi connectivity index (χ1v) is 11.9. The van der Waals surface area contributed by atoms with Gasteiger partial charge in [-0.05, 0) is 0 Å². The standard InChI is InChI=1S/C20H21AsN8O2/c1-12(2)21-17-4-19(29-20-14(7-25-29)3-13(5-22)6-24-20)23-8-16(17)18-10-28(27-26-18)9-15(31)11-30/h3-4,6-8,10,12,15,21,30-31H,9,11H2,1-2H3. The predicted molar refractivity (Wildman–Crippen MR) is 115 cm³/mol. The van der Waals surface area contributed by atoms with E-state index < -0.39 is 21.9 Å². The van der Waals surface area contributed by atoms with Crippen molar-refractivity contribution in [1.29, 1.82) is 5.26 Å². The van der Waals surface area contributed by atoms with Crippen LogP contribution in [0.15, 0.2) is 36.9 Å². The first kappa shape index (κ1) is 21.1. The van der Waals surface area contributed by atoms with E-state index in [0.717, 1.165) is 15.3 Å². The Labute approximate surface area is 184 Å². The minimum absolute atomic E-state index is 0.167. The zero-order valence-electron chi connectivity index (χ0n) is 17.0. The molecule has 0 saturated carbocycles. The van der Waals surface area contributed by atoms with Crippen LogP contribution in [0, 0.1) is 11.3 Å². The van der Waals surface area contributed by atoms with Crippen LogP contribution in [0.2, 0.25) is 4.71 Å². The van der Waals surface area contributed by atoms with Crippen molar-refractivity contribution in [1.82, 2.24) is 34.7 Å². The van der Waals surface area contributed by atoms with Gasteiger partial charge in [0.15, 0.2) is 0 Å². The summed E-state index contributed by atoms with van der Waals surface area (Å²) in [6.45, 7) is 4.21. The van der Waals surface area contributed by atoms with E-state index in [9.17, 15) is 5.11 Å². The molecule has 11 heteroatoms. The number of pyridine rings is 2. The third-order valence-electron chi connectivity index (χ3n) is 4.51. The number of rotatable bonds is 7. The Morgan fingerprint density at radius 2 is 2.03 bits per heavy atom. The van der Waals surface area contributed by atoms with Gasteiger partial charge in [-0.15, -0.1) is 0 Å². The number of fused-ring (bicyclic) bond motifs is 1. The van der Waals surface area contributed by atoms with Gasteiger partial charge in [-0.1, -0.05) is 0 Å². The van der Waals surface area contributed by atoms with E-state index >= 15 is 0 Å². The van der Waals surface area contributed by atoms with Crippen LogP contribution in [0.4, 0.5) is 0 Å². The van der Waals surface area contributed by atoms with Crippen molar-refractivity contribution in [3.05, 3.63) is 42.5 Å². The second kappa shape index (κ2) is 8.94. The second-order valence-corrected chi connectivity index (χ2v) is 11.5. The average molecular weight is 480 g/mol. The molecule has 0 aromatic carbocycles. The summed E-state index contributed by atoms with van der Waals surface area (Å²) in [7, 11) is 0. The summed E-state index contributed by atoms with van der Waals surface area (Å²) in [4.78, 5) is 8.97. The van der Waals surface area contributed by atoms with Crippen LogP contribution < -0.4 is 4.35 Å². The van der Waals surface area contributed by atoms with Gasteiger partial charge in [0, 0.05) is 0 Å². The molecule has 2 unspecified atom stereocenters. The fraction of sp³-hybridized carbons (Fsp3) is 0.300. The molecule has 4 rings (SSSR count). The Kier molecular flexibility index (Phi) is 6.09. The molecule has 0 fully saturated rings. The molecule has 31 heavy (non-hydrogen) atoms. The molecule has 0 aliphatic heterocycles. The molecule has 0 radical (unpaired) electrons. The SMILES string of the molecule is CC(C)[AsH]c1cc(-n2ncc3cc(C#N)cnc32)ncc1-c1cn(CC(O)CO)nn1. The van der Waals surface area contributed by atoms with E-state index in [1.165, 1.54) is 10.9 Å². The van der Waals surface area contributed by atoms with Gasteiger partial charge < -0.3 is 0 Å². The summed E-state index contributed by atoms with van der Waals surface area (Å²) in [6.07, 6.45) is 5.83. The molecule has 4 aromatic rings. The number of nitrogens with zero attached hydrogens (tertiary/aromatic N) is 8. The summed E-state index contributed by atoms with van der Waals surface area (Å²) >= 11 is -0.505. The van der Waals surface area contributed by atoms with Crippen molar-refractivity contribution in [2.45, 2.75) is 31.2 Å². The topological polar surface area (TPSA) is 139 Å². The van der Waals surface area contributed by atoms with Crippen LogP contribution in [0.1, 0.15) is 19.4 Å². The molecule has 158 valence electrons. The number of hydrogen-bond acceptors (Lipinski definition) is 8. The zero-order valence-corrected chi connectivity index (χ0v) is 19.1. The molecule has 10 nitrogen and oxygen atoms in total. The van der Waals surface area contributed by atoms with E-state index in [0.29, 0.717) is 27.4 Å². The van der Waals surface area contributed by atoms with Gasteiger partial charge >= 0.3 is 185 Å². The third kappa shape index (κ3) is 4.49. The maximum atomic E-state index is 9.65. The number of nitriles is 1. The molecular weight excluding hydrogens is 459 g/mol. The van der Waals surface area contributed by atoms with Crippen molar-refractivity contribution in [3.8, 4) is 23.1 Å². The predicted octanol–water partition coefficient (Wildman–Crippen LogP) is 0.189. The second-order valence-electron chi connectivity index (χ2n) is 7.35. The molecule has 0 spiro atoms. The first-order chi connectivity index (χ1) is 15.0. The van der Waals surface area contributed by atoms with Crippen LogP contribution in [0.25, 0.3) is 28.1 Å². The minimum atomic E-state index is -0.888. The van der Waals surface area contributed by atoms with E-state index in [-0.39, 0.29) is 13.2 Å². The fourth-order valence-electron chi connectivity index (χ4n) is 3.13. The van der Waals surface area contributed by atoms with Gasteiger partial charge in [-0.3, -0.25) is 0 Å². The molecule has 2 atom stereocenters. The summed E-state index contributed by atoms with van der Waals surface area (Å²) in [5.41, 5.74) is 2.69. The van der Waals surface area contributed by atoms with Crippen LogP contribution in [0.5, 0.6) is 0 Å². The third-order valence-corrected chi connectivity index (χ3v) is 7.24. The number of aliphatic hydroxyl groups is 2. The van der Waals surface area contributed by atoms with Crippen LogP contribution in [-0.4, -0.2) is 73.4 Å². The molecule has 4 heterocycles. The Bertz CT molecular complexity index is 1260.